The predicted octanol–water partition coefficient (Wildman–Crippen LogP) is 5.29. The van der Waals surface area contributed by atoms with E-state index in [-0.39, 0.29) is 11.0 Å². The van der Waals surface area contributed by atoms with Crippen molar-refractivity contribution in [3.8, 4) is 17.6 Å². The first-order chi connectivity index (χ1) is 12.8. The van der Waals surface area contributed by atoms with E-state index in [0.717, 1.165) is 12.0 Å². The Hall–Kier alpha value is -3.06. The molecule has 2 aromatic carbocycles. The monoisotopic (exact) mass is 363 g/mol. The molecule has 0 saturated carbocycles. The van der Waals surface area contributed by atoms with Crippen molar-refractivity contribution in [3.63, 3.8) is 0 Å². The van der Waals surface area contributed by atoms with Crippen LogP contribution in [0.25, 0.3) is 6.08 Å². The second-order valence-corrected chi connectivity index (χ2v) is 7.22. The number of rotatable bonds is 6. The van der Waals surface area contributed by atoms with E-state index < -0.39 is 5.97 Å². The van der Waals surface area contributed by atoms with Gasteiger partial charge in [-0.1, -0.05) is 58.0 Å². The second kappa shape index (κ2) is 9.05. The van der Waals surface area contributed by atoms with E-state index >= 15 is 0 Å². The van der Waals surface area contributed by atoms with Crippen LogP contribution in [0.1, 0.15) is 45.2 Å². The largest absolute Gasteiger partial charge is 0.493 e. The summed E-state index contributed by atoms with van der Waals surface area (Å²) in [5, 5.41) is 9.39. The molecule has 0 spiro atoms. The molecule has 4 heteroatoms. The Labute approximate surface area is 161 Å². The molecule has 2 rings (SSSR count). The zero-order valence-electron chi connectivity index (χ0n) is 16.3. The average Bonchev–Trinajstić information content (AvgIpc) is 2.64. The van der Waals surface area contributed by atoms with E-state index in [4.69, 9.17) is 9.47 Å². The van der Waals surface area contributed by atoms with Crippen molar-refractivity contribution in [1.82, 2.24) is 0 Å². The van der Waals surface area contributed by atoms with Crippen LogP contribution in [0.4, 0.5) is 0 Å². The molecular formula is C23H25NO3. The van der Waals surface area contributed by atoms with Crippen LogP contribution < -0.4 is 9.47 Å². The van der Waals surface area contributed by atoms with E-state index in [1.807, 2.05) is 43.3 Å². The van der Waals surface area contributed by atoms with Crippen molar-refractivity contribution in [3.05, 3.63) is 65.2 Å². The lowest BCUT2D eigenvalue weighted by Gasteiger charge is -2.18. The number of nitriles is 1. The SMILES string of the molecule is CCCOc1ccccc1/C=C(\C#N)C(=O)Oc1ccc(C(C)(C)C)cc1. The first-order valence-corrected chi connectivity index (χ1v) is 9.01. The highest BCUT2D eigenvalue weighted by Crippen LogP contribution is 2.25. The number of hydrogen-bond acceptors (Lipinski definition) is 4. The first kappa shape index (κ1) is 20.3. The predicted molar refractivity (Wildman–Crippen MR) is 107 cm³/mol. The van der Waals surface area contributed by atoms with Crippen LogP contribution in [0.3, 0.4) is 0 Å². The highest BCUT2D eigenvalue weighted by molar-refractivity contribution is 5.99. The Kier molecular flexibility index (Phi) is 6.79. The number of benzene rings is 2. The molecule has 0 radical (unpaired) electrons. The summed E-state index contributed by atoms with van der Waals surface area (Å²) >= 11 is 0. The van der Waals surface area contributed by atoms with Gasteiger partial charge in [0.25, 0.3) is 0 Å². The van der Waals surface area contributed by atoms with Gasteiger partial charge in [-0.25, -0.2) is 4.79 Å². The van der Waals surface area contributed by atoms with Crippen LogP contribution in [-0.4, -0.2) is 12.6 Å². The van der Waals surface area contributed by atoms with E-state index in [1.54, 1.807) is 18.2 Å². The fraction of sp³-hybridized carbons (Fsp3) is 0.304. The van der Waals surface area contributed by atoms with Crippen molar-refractivity contribution in [2.75, 3.05) is 6.61 Å². The minimum Gasteiger partial charge on any atom is -0.493 e. The van der Waals surface area contributed by atoms with Gasteiger partial charge < -0.3 is 9.47 Å². The number of carbonyl (C=O) groups is 1. The van der Waals surface area contributed by atoms with Crippen molar-refractivity contribution in [2.24, 2.45) is 0 Å². The molecule has 2 aromatic rings. The molecule has 4 nitrogen and oxygen atoms in total. The first-order valence-electron chi connectivity index (χ1n) is 9.01. The van der Waals surface area contributed by atoms with Crippen molar-refractivity contribution >= 4 is 12.0 Å². The van der Waals surface area contributed by atoms with Gasteiger partial charge in [-0.2, -0.15) is 5.26 Å². The van der Waals surface area contributed by atoms with Gasteiger partial charge in [0, 0.05) is 5.56 Å². The van der Waals surface area contributed by atoms with Crippen molar-refractivity contribution < 1.29 is 14.3 Å². The van der Waals surface area contributed by atoms with Gasteiger partial charge in [0.2, 0.25) is 0 Å². The standard InChI is InChI=1S/C23H25NO3/c1-5-14-26-21-9-7-6-8-17(21)15-18(16-24)22(25)27-20-12-10-19(11-13-20)23(2,3)4/h6-13,15H,5,14H2,1-4H3/b18-15+. The molecule has 0 aliphatic carbocycles. The molecule has 0 heterocycles. The summed E-state index contributed by atoms with van der Waals surface area (Å²) < 4.78 is 11.0. The van der Waals surface area contributed by atoms with Crippen molar-refractivity contribution in [2.45, 2.75) is 39.5 Å². The molecule has 0 atom stereocenters. The summed E-state index contributed by atoms with van der Waals surface area (Å²) in [6, 6.07) is 16.5. The molecule has 0 aliphatic rings. The van der Waals surface area contributed by atoms with Crippen LogP contribution in [0, 0.1) is 11.3 Å². The average molecular weight is 363 g/mol. The number of esters is 1. The van der Waals surface area contributed by atoms with Crippen LogP contribution >= 0.6 is 0 Å². The fourth-order valence-electron chi connectivity index (χ4n) is 2.42. The summed E-state index contributed by atoms with van der Waals surface area (Å²) in [6.45, 7) is 8.92. The smallest absolute Gasteiger partial charge is 0.354 e. The molecule has 0 saturated heterocycles. The summed E-state index contributed by atoms with van der Waals surface area (Å²) in [5.74, 6) is 0.352. The van der Waals surface area contributed by atoms with Gasteiger partial charge in [-0.3, -0.25) is 0 Å². The summed E-state index contributed by atoms with van der Waals surface area (Å²) in [5.41, 5.74) is 1.74. The molecule has 27 heavy (non-hydrogen) atoms. The number of para-hydroxylation sites is 1. The molecule has 0 N–H and O–H groups in total. The molecular weight excluding hydrogens is 338 g/mol. The minimum atomic E-state index is -0.689. The Morgan fingerprint density at radius 3 is 2.37 bits per heavy atom. The molecule has 0 bridgehead atoms. The molecule has 0 amide bonds. The summed E-state index contributed by atoms with van der Waals surface area (Å²) in [7, 11) is 0. The zero-order valence-corrected chi connectivity index (χ0v) is 16.3. The van der Waals surface area contributed by atoms with Gasteiger partial charge in [0.05, 0.1) is 6.61 Å². The number of nitrogens with zero attached hydrogens (tertiary/aromatic N) is 1. The quantitative estimate of drug-likeness (QED) is 0.303. The second-order valence-electron chi connectivity index (χ2n) is 7.22. The van der Waals surface area contributed by atoms with Crippen LogP contribution in [0.15, 0.2) is 54.1 Å². The summed E-state index contributed by atoms with van der Waals surface area (Å²) in [6.07, 6.45) is 2.37. The van der Waals surface area contributed by atoms with Crippen LogP contribution in [0.2, 0.25) is 0 Å². The van der Waals surface area contributed by atoms with Crippen molar-refractivity contribution in [1.29, 1.82) is 5.26 Å². The summed E-state index contributed by atoms with van der Waals surface area (Å²) in [4.78, 5) is 12.4. The molecule has 0 aromatic heterocycles. The van der Waals surface area contributed by atoms with Gasteiger partial charge in [0.15, 0.2) is 0 Å². The van der Waals surface area contributed by atoms with Gasteiger partial charge in [0.1, 0.15) is 23.1 Å². The van der Waals surface area contributed by atoms with Gasteiger partial charge >= 0.3 is 5.97 Å². The molecule has 0 fully saturated rings. The highest BCUT2D eigenvalue weighted by atomic mass is 16.5. The topological polar surface area (TPSA) is 59.3 Å². The van der Waals surface area contributed by atoms with E-state index in [2.05, 4.69) is 20.8 Å². The van der Waals surface area contributed by atoms with E-state index in [0.29, 0.717) is 23.7 Å². The van der Waals surface area contributed by atoms with Gasteiger partial charge in [-0.15, -0.1) is 0 Å². The number of carbonyl (C=O) groups excluding carboxylic acids is 1. The highest BCUT2D eigenvalue weighted by Gasteiger charge is 2.16. The zero-order chi connectivity index (χ0) is 19.9. The molecule has 140 valence electrons. The normalized spacial score (nSPS) is 11.6. The third-order valence-corrected chi connectivity index (χ3v) is 3.95. The number of ether oxygens (including phenoxy) is 2. The number of hydrogen-bond donors (Lipinski definition) is 0. The van der Waals surface area contributed by atoms with Gasteiger partial charge in [-0.05, 0) is 41.7 Å². The molecule has 0 unspecified atom stereocenters. The maximum Gasteiger partial charge on any atom is 0.354 e. The maximum atomic E-state index is 12.4. The Bertz CT molecular complexity index is 852. The molecule has 0 aliphatic heterocycles. The Morgan fingerprint density at radius 2 is 1.78 bits per heavy atom. The Morgan fingerprint density at radius 1 is 1.11 bits per heavy atom. The Balaban J connectivity index is 2.19. The third kappa shape index (κ3) is 5.72. The lowest BCUT2D eigenvalue weighted by molar-refractivity contribution is -0.129. The maximum absolute atomic E-state index is 12.4. The fourth-order valence-corrected chi connectivity index (χ4v) is 2.42. The lowest BCUT2D eigenvalue weighted by atomic mass is 9.87. The van der Waals surface area contributed by atoms with Crippen LogP contribution in [-0.2, 0) is 10.2 Å². The van der Waals surface area contributed by atoms with E-state index in [9.17, 15) is 10.1 Å². The van der Waals surface area contributed by atoms with Crippen LogP contribution in [0.5, 0.6) is 11.5 Å². The van der Waals surface area contributed by atoms with E-state index in [1.165, 1.54) is 6.08 Å². The lowest BCUT2D eigenvalue weighted by Crippen LogP contribution is -2.12. The minimum absolute atomic E-state index is 0.0163. The third-order valence-electron chi connectivity index (χ3n) is 3.95.